The summed E-state index contributed by atoms with van der Waals surface area (Å²) in [6.45, 7) is 2.13. The molecule has 0 aromatic carbocycles. The first-order chi connectivity index (χ1) is 7.13. The zero-order valence-electron chi connectivity index (χ0n) is 8.25. The molecule has 1 heterocycles. The van der Waals surface area contributed by atoms with Crippen LogP contribution in [0.5, 0.6) is 0 Å². The standard InChI is InChI=1S/C8H11N3O4/c1-2-5-15-8(12)6-10-4-3-7(9-10)11(13)14/h3-4H,2,5-6H2,1H3. The van der Waals surface area contributed by atoms with Gasteiger partial charge in [0.1, 0.15) is 0 Å². The highest BCUT2D eigenvalue weighted by Gasteiger charge is 2.13. The Labute approximate surface area is 85.8 Å². The number of hydrogen-bond acceptors (Lipinski definition) is 5. The SMILES string of the molecule is CCCOC(=O)Cn1ccc([N+](=O)[O-])n1. The van der Waals surface area contributed by atoms with Gasteiger partial charge < -0.3 is 14.9 Å². The number of esters is 1. The molecule has 0 N–H and O–H groups in total. The van der Waals surface area contributed by atoms with Crippen molar-refractivity contribution in [2.24, 2.45) is 0 Å². The summed E-state index contributed by atoms with van der Waals surface area (Å²) in [6, 6.07) is 1.23. The molecule has 0 aliphatic carbocycles. The van der Waals surface area contributed by atoms with E-state index in [4.69, 9.17) is 4.74 Å². The van der Waals surface area contributed by atoms with Crippen molar-refractivity contribution in [1.82, 2.24) is 9.78 Å². The Balaban J connectivity index is 2.50. The third-order valence-corrected chi connectivity index (χ3v) is 1.57. The summed E-state index contributed by atoms with van der Waals surface area (Å²) in [5, 5.41) is 13.9. The summed E-state index contributed by atoms with van der Waals surface area (Å²) < 4.78 is 5.97. The minimum Gasteiger partial charge on any atom is -0.464 e. The summed E-state index contributed by atoms with van der Waals surface area (Å²) in [7, 11) is 0. The van der Waals surface area contributed by atoms with Gasteiger partial charge in [-0.25, -0.2) is 4.79 Å². The highest BCUT2D eigenvalue weighted by molar-refractivity contribution is 5.69. The van der Waals surface area contributed by atoms with E-state index in [0.717, 1.165) is 6.42 Å². The number of rotatable bonds is 5. The van der Waals surface area contributed by atoms with Crippen LogP contribution >= 0.6 is 0 Å². The minimum absolute atomic E-state index is 0.103. The topological polar surface area (TPSA) is 87.3 Å². The van der Waals surface area contributed by atoms with Crippen LogP contribution in [0.3, 0.4) is 0 Å². The molecule has 7 nitrogen and oxygen atoms in total. The van der Waals surface area contributed by atoms with Crippen LogP contribution in [0.1, 0.15) is 13.3 Å². The number of nitro groups is 1. The Hall–Kier alpha value is -1.92. The van der Waals surface area contributed by atoms with Crippen molar-refractivity contribution in [3.8, 4) is 0 Å². The first-order valence-corrected chi connectivity index (χ1v) is 4.47. The van der Waals surface area contributed by atoms with Gasteiger partial charge in [-0.1, -0.05) is 6.92 Å². The molecule has 0 atom stereocenters. The van der Waals surface area contributed by atoms with Crippen LogP contribution < -0.4 is 0 Å². The van der Waals surface area contributed by atoms with E-state index < -0.39 is 10.9 Å². The second-order valence-electron chi connectivity index (χ2n) is 2.85. The smallest absolute Gasteiger partial charge is 0.389 e. The number of carbonyl (C=O) groups is 1. The normalized spacial score (nSPS) is 9.93. The van der Waals surface area contributed by atoms with Crippen LogP contribution in [0.25, 0.3) is 0 Å². The average molecular weight is 213 g/mol. The molecule has 1 aromatic rings. The fraction of sp³-hybridized carbons (Fsp3) is 0.500. The molecular weight excluding hydrogens is 202 g/mol. The second-order valence-corrected chi connectivity index (χ2v) is 2.85. The molecule has 1 aromatic heterocycles. The first kappa shape index (κ1) is 11.2. The van der Waals surface area contributed by atoms with Crippen molar-refractivity contribution < 1.29 is 14.5 Å². The molecular formula is C8H11N3O4. The highest BCUT2D eigenvalue weighted by atomic mass is 16.6. The quantitative estimate of drug-likeness (QED) is 0.409. The molecule has 0 bridgehead atoms. The summed E-state index contributed by atoms with van der Waals surface area (Å²) in [4.78, 5) is 20.8. The van der Waals surface area contributed by atoms with Gasteiger partial charge in [-0.3, -0.25) is 0 Å². The molecule has 7 heteroatoms. The van der Waals surface area contributed by atoms with Crippen molar-refractivity contribution in [3.63, 3.8) is 0 Å². The second kappa shape index (κ2) is 5.08. The molecule has 0 fully saturated rings. The maximum Gasteiger partial charge on any atom is 0.389 e. The number of hydrogen-bond donors (Lipinski definition) is 0. The number of carbonyl (C=O) groups excluding carboxylic acids is 1. The Kier molecular flexibility index (Phi) is 3.78. The molecule has 0 unspecified atom stereocenters. The number of ether oxygens (including phenoxy) is 1. The van der Waals surface area contributed by atoms with Crippen LogP contribution in [-0.2, 0) is 16.1 Å². The lowest BCUT2D eigenvalue weighted by atomic mass is 10.5. The molecule has 1 rings (SSSR count). The predicted octanol–water partition coefficient (Wildman–Crippen LogP) is 0.744. The van der Waals surface area contributed by atoms with Gasteiger partial charge in [-0.15, -0.1) is 0 Å². The number of nitrogens with zero attached hydrogens (tertiary/aromatic N) is 3. The molecule has 0 aliphatic rings. The Morgan fingerprint density at radius 2 is 2.47 bits per heavy atom. The third-order valence-electron chi connectivity index (χ3n) is 1.57. The maximum absolute atomic E-state index is 11.1. The predicted molar refractivity (Wildman–Crippen MR) is 50.1 cm³/mol. The van der Waals surface area contributed by atoms with E-state index in [0.29, 0.717) is 6.61 Å². The van der Waals surface area contributed by atoms with Crippen molar-refractivity contribution in [2.75, 3.05) is 6.61 Å². The van der Waals surface area contributed by atoms with Gasteiger partial charge in [0.25, 0.3) is 0 Å². The highest BCUT2D eigenvalue weighted by Crippen LogP contribution is 2.05. The Bertz CT molecular complexity index is 361. The molecule has 0 saturated heterocycles. The van der Waals surface area contributed by atoms with Gasteiger partial charge in [-0.2, -0.15) is 4.68 Å². The Morgan fingerprint density at radius 1 is 1.73 bits per heavy atom. The van der Waals surface area contributed by atoms with E-state index in [9.17, 15) is 14.9 Å². The van der Waals surface area contributed by atoms with E-state index in [-0.39, 0.29) is 12.4 Å². The molecule has 0 saturated carbocycles. The van der Waals surface area contributed by atoms with Gasteiger partial charge in [0.15, 0.2) is 6.54 Å². The minimum atomic E-state index is -0.617. The van der Waals surface area contributed by atoms with Gasteiger partial charge in [-0.05, 0) is 11.3 Å². The summed E-state index contributed by atoms with van der Waals surface area (Å²) >= 11 is 0. The van der Waals surface area contributed by atoms with E-state index in [1.807, 2.05) is 6.92 Å². The summed E-state index contributed by atoms with van der Waals surface area (Å²) in [5.41, 5.74) is 0. The molecule has 0 radical (unpaired) electrons. The largest absolute Gasteiger partial charge is 0.464 e. The lowest BCUT2D eigenvalue weighted by Gasteiger charge is -1.99. The van der Waals surface area contributed by atoms with Crippen LogP contribution in [0, 0.1) is 10.1 Å². The van der Waals surface area contributed by atoms with E-state index >= 15 is 0 Å². The molecule has 15 heavy (non-hydrogen) atoms. The summed E-state index contributed by atoms with van der Waals surface area (Å²) in [5.74, 6) is -0.729. The van der Waals surface area contributed by atoms with Gasteiger partial charge in [0.2, 0.25) is 0 Å². The molecule has 0 amide bonds. The maximum atomic E-state index is 11.1. The van der Waals surface area contributed by atoms with Crippen LogP contribution in [0.2, 0.25) is 0 Å². The van der Waals surface area contributed by atoms with Crippen molar-refractivity contribution in [1.29, 1.82) is 0 Å². The number of aromatic nitrogens is 2. The Morgan fingerprint density at radius 3 is 3.00 bits per heavy atom. The molecule has 0 spiro atoms. The van der Waals surface area contributed by atoms with Crippen LogP contribution in [0.4, 0.5) is 5.82 Å². The van der Waals surface area contributed by atoms with Gasteiger partial charge in [0, 0.05) is 0 Å². The van der Waals surface area contributed by atoms with E-state index in [1.54, 1.807) is 0 Å². The lowest BCUT2D eigenvalue weighted by Crippen LogP contribution is -2.14. The lowest BCUT2D eigenvalue weighted by molar-refractivity contribution is -0.389. The molecule has 82 valence electrons. The third kappa shape index (κ3) is 3.37. The average Bonchev–Trinajstić information content (AvgIpc) is 2.63. The zero-order chi connectivity index (χ0) is 11.3. The summed E-state index contributed by atoms with van der Waals surface area (Å²) in [6.07, 6.45) is 2.11. The van der Waals surface area contributed by atoms with Crippen LogP contribution in [-0.4, -0.2) is 27.3 Å². The first-order valence-electron chi connectivity index (χ1n) is 4.47. The van der Waals surface area contributed by atoms with Crippen molar-refractivity contribution >= 4 is 11.8 Å². The van der Waals surface area contributed by atoms with Gasteiger partial charge in [0.05, 0.1) is 24.0 Å². The zero-order valence-corrected chi connectivity index (χ0v) is 8.25. The van der Waals surface area contributed by atoms with Gasteiger partial charge >= 0.3 is 11.8 Å². The van der Waals surface area contributed by atoms with E-state index in [2.05, 4.69) is 5.10 Å². The van der Waals surface area contributed by atoms with Crippen molar-refractivity contribution in [2.45, 2.75) is 19.9 Å². The monoisotopic (exact) mass is 213 g/mol. The van der Waals surface area contributed by atoms with Crippen LogP contribution in [0.15, 0.2) is 12.3 Å². The fourth-order valence-corrected chi connectivity index (χ4v) is 0.930. The van der Waals surface area contributed by atoms with Crippen molar-refractivity contribution in [3.05, 3.63) is 22.4 Å². The van der Waals surface area contributed by atoms with E-state index in [1.165, 1.54) is 16.9 Å². The molecule has 0 aliphatic heterocycles. The fourth-order valence-electron chi connectivity index (χ4n) is 0.930.